The van der Waals surface area contributed by atoms with Gasteiger partial charge in [0.2, 0.25) is 5.91 Å². The van der Waals surface area contributed by atoms with E-state index < -0.39 is 24.3 Å². The van der Waals surface area contributed by atoms with Gasteiger partial charge in [-0.3, -0.25) is 14.4 Å². The number of aliphatic carboxylic acids is 1. The van der Waals surface area contributed by atoms with Crippen LogP contribution in [0, 0.1) is 0 Å². The molecule has 114 valence electrons. The van der Waals surface area contributed by atoms with Gasteiger partial charge in [0, 0.05) is 4.47 Å². The summed E-state index contributed by atoms with van der Waals surface area (Å²) in [5, 5.41) is 13.1. The molecular formula is C12H12BrClN2O5. The quantitative estimate of drug-likeness (QED) is 0.650. The van der Waals surface area contributed by atoms with Crippen molar-refractivity contribution in [3.8, 4) is 5.75 Å². The fourth-order valence-corrected chi connectivity index (χ4v) is 1.93. The highest BCUT2D eigenvalue weighted by Gasteiger charge is 2.09. The summed E-state index contributed by atoms with van der Waals surface area (Å²) in [6, 6.07) is 4.92. The molecule has 0 heterocycles. The van der Waals surface area contributed by atoms with Gasteiger partial charge in [0.05, 0.1) is 11.6 Å². The lowest BCUT2D eigenvalue weighted by Gasteiger charge is -2.09. The zero-order valence-corrected chi connectivity index (χ0v) is 13.0. The zero-order chi connectivity index (χ0) is 15.8. The van der Waals surface area contributed by atoms with Crippen LogP contribution in [0.25, 0.3) is 0 Å². The number of hydrogen-bond acceptors (Lipinski definition) is 4. The number of carboxylic acid groups (broad SMARTS) is 1. The Kier molecular flexibility index (Phi) is 6.97. The molecule has 3 N–H and O–H groups in total. The van der Waals surface area contributed by atoms with E-state index in [1.807, 2.05) is 0 Å². The molecule has 0 aliphatic rings. The maximum absolute atomic E-state index is 11.5. The zero-order valence-electron chi connectivity index (χ0n) is 10.7. The number of carboxylic acids is 1. The molecule has 9 heteroatoms. The van der Waals surface area contributed by atoms with Crippen LogP contribution in [-0.2, 0) is 14.4 Å². The van der Waals surface area contributed by atoms with E-state index >= 15 is 0 Å². The summed E-state index contributed by atoms with van der Waals surface area (Å²) in [5.41, 5.74) is 0. The minimum Gasteiger partial charge on any atom is -0.482 e. The monoisotopic (exact) mass is 378 g/mol. The first-order valence-electron chi connectivity index (χ1n) is 5.71. The van der Waals surface area contributed by atoms with Crippen LogP contribution in [0.3, 0.4) is 0 Å². The Morgan fingerprint density at radius 2 is 1.86 bits per heavy atom. The van der Waals surface area contributed by atoms with E-state index in [2.05, 4.69) is 26.6 Å². The molecule has 1 aromatic rings. The van der Waals surface area contributed by atoms with Crippen LogP contribution in [0.1, 0.15) is 0 Å². The lowest BCUT2D eigenvalue weighted by molar-refractivity contribution is -0.137. The minimum atomic E-state index is -1.16. The van der Waals surface area contributed by atoms with Crippen molar-refractivity contribution in [2.24, 2.45) is 0 Å². The molecule has 1 aromatic carbocycles. The molecule has 0 aliphatic carbocycles. The number of nitrogens with one attached hydrogen (secondary N) is 2. The van der Waals surface area contributed by atoms with Gasteiger partial charge in [-0.05, 0) is 18.2 Å². The van der Waals surface area contributed by atoms with Crippen LogP contribution < -0.4 is 15.4 Å². The maximum atomic E-state index is 11.5. The van der Waals surface area contributed by atoms with Gasteiger partial charge in [-0.2, -0.15) is 0 Å². The van der Waals surface area contributed by atoms with Crippen LogP contribution in [0.2, 0.25) is 5.02 Å². The number of hydrogen-bond donors (Lipinski definition) is 3. The van der Waals surface area contributed by atoms with Crippen molar-refractivity contribution in [1.29, 1.82) is 0 Å². The molecule has 0 fully saturated rings. The number of benzene rings is 1. The molecule has 2 amide bonds. The minimum absolute atomic E-state index is 0.312. The van der Waals surface area contributed by atoms with Crippen molar-refractivity contribution in [2.45, 2.75) is 0 Å². The lowest BCUT2D eigenvalue weighted by atomic mass is 10.3. The second-order valence-corrected chi connectivity index (χ2v) is 5.13. The molecule has 0 aromatic heterocycles. The van der Waals surface area contributed by atoms with Crippen LogP contribution in [0.4, 0.5) is 0 Å². The van der Waals surface area contributed by atoms with Gasteiger partial charge in [0.25, 0.3) is 5.91 Å². The summed E-state index contributed by atoms with van der Waals surface area (Å²) in [5.74, 6) is -1.96. The molecular weight excluding hydrogens is 367 g/mol. The first-order valence-corrected chi connectivity index (χ1v) is 6.88. The summed E-state index contributed by atoms with van der Waals surface area (Å²) in [6.45, 7) is -1.14. The number of halogens is 2. The second kappa shape index (κ2) is 8.48. The number of carbonyl (C=O) groups is 3. The van der Waals surface area contributed by atoms with Crippen LogP contribution in [-0.4, -0.2) is 42.6 Å². The summed E-state index contributed by atoms with van der Waals surface area (Å²) >= 11 is 9.14. The van der Waals surface area contributed by atoms with Crippen LogP contribution >= 0.6 is 27.5 Å². The Morgan fingerprint density at radius 3 is 2.48 bits per heavy atom. The van der Waals surface area contributed by atoms with Crippen molar-refractivity contribution in [1.82, 2.24) is 10.6 Å². The summed E-state index contributed by atoms with van der Waals surface area (Å²) in [6.07, 6.45) is 0. The van der Waals surface area contributed by atoms with Gasteiger partial charge < -0.3 is 20.5 Å². The third kappa shape index (κ3) is 6.96. The number of ether oxygens (including phenoxy) is 1. The Balaban J connectivity index is 2.31. The molecule has 21 heavy (non-hydrogen) atoms. The first kappa shape index (κ1) is 17.3. The SMILES string of the molecule is O=C(O)CNC(=O)CNC(=O)COc1ccc(Br)cc1Cl. The third-order valence-electron chi connectivity index (χ3n) is 2.14. The van der Waals surface area contributed by atoms with Gasteiger partial charge >= 0.3 is 5.97 Å². The summed E-state index contributed by atoms with van der Waals surface area (Å²) < 4.78 is 5.97. The van der Waals surface area contributed by atoms with Gasteiger partial charge in [0.15, 0.2) is 6.61 Å². The number of carbonyl (C=O) groups excluding carboxylic acids is 2. The average molecular weight is 380 g/mol. The topological polar surface area (TPSA) is 105 Å². The van der Waals surface area contributed by atoms with E-state index in [-0.39, 0.29) is 13.2 Å². The Morgan fingerprint density at radius 1 is 1.19 bits per heavy atom. The van der Waals surface area contributed by atoms with Crippen molar-refractivity contribution >= 4 is 45.3 Å². The highest BCUT2D eigenvalue weighted by Crippen LogP contribution is 2.27. The molecule has 0 aliphatic heterocycles. The Bertz CT molecular complexity index is 552. The fourth-order valence-electron chi connectivity index (χ4n) is 1.20. The standard InChI is InChI=1S/C12H12BrClN2O5/c13-7-1-2-9(8(14)3-7)21-6-11(18)15-4-10(17)16-5-12(19)20/h1-3H,4-6H2,(H,15,18)(H,16,17)(H,19,20). The molecule has 1 rings (SSSR count). The predicted octanol–water partition coefficient (Wildman–Crippen LogP) is 0.798. The van der Waals surface area contributed by atoms with Crippen LogP contribution in [0.5, 0.6) is 5.75 Å². The predicted molar refractivity (Wildman–Crippen MR) is 78.3 cm³/mol. The van der Waals surface area contributed by atoms with Crippen molar-refractivity contribution in [3.63, 3.8) is 0 Å². The highest BCUT2D eigenvalue weighted by molar-refractivity contribution is 9.10. The summed E-state index contributed by atoms with van der Waals surface area (Å²) in [7, 11) is 0. The highest BCUT2D eigenvalue weighted by atomic mass is 79.9. The van der Waals surface area contributed by atoms with Gasteiger partial charge in [0.1, 0.15) is 12.3 Å². The third-order valence-corrected chi connectivity index (χ3v) is 2.92. The number of amides is 2. The number of rotatable bonds is 7. The maximum Gasteiger partial charge on any atom is 0.322 e. The molecule has 0 saturated heterocycles. The molecule has 0 atom stereocenters. The Labute approximate surface area is 133 Å². The van der Waals surface area contributed by atoms with Gasteiger partial charge in [-0.25, -0.2) is 0 Å². The summed E-state index contributed by atoms with van der Waals surface area (Å²) in [4.78, 5) is 32.8. The van der Waals surface area contributed by atoms with Crippen molar-refractivity contribution in [2.75, 3.05) is 19.7 Å². The van der Waals surface area contributed by atoms with Gasteiger partial charge in [-0.15, -0.1) is 0 Å². The normalized spacial score (nSPS) is 9.81. The van der Waals surface area contributed by atoms with Crippen molar-refractivity contribution in [3.05, 3.63) is 27.7 Å². The first-order chi connectivity index (χ1) is 9.88. The van der Waals surface area contributed by atoms with Gasteiger partial charge in [-0.1, -0.05) is 27.5 Å². The van der Waals surface area contributed by atoms with E-state index in [4.69, 9.17) is 21.4 Å². The largest absolute Gasteiger partial charge is 0.482 e. The van der Waals surface area contributed by atoms with E-state index in [0.29, 0.717) is 10.8 Å². The molecule has 0 spiro atoms. The van der Waals surface area contributed by atoms with E-state index in [0.717, 1.165) is 4.47 Å². The van der Waals surface area contributed by atoms with E-state index in [1.54, 1.807) is 18.2 Å². The lowest BCUT2D eigenvalue weighted by Crippen LogP contribution is -2.40. The molecule has 0 bridgehead atoms. The molecule has 0 saturated carbocycles. The molecule has 0 radical (unpaired) electrons. The fraction of sp³-hybridized carbons (Fsp3) is 0.250. The average Bonchev–Trinajstić information content (AvgIpc) is 2.41. The molecule has 0 unspecified atom stereocenters. The van der Waals surface area contributed by atoms with E-state index in [9.17, 15) is 14.4 Å². The Hall–Kier alpha value is -1.80. The second-order valence-electron chi connectivity index (χ2n) is 3.81. The van der Waals surface area contributed by atoms with Crippen LogP contribution in [0.15, 0.2) is 22.7 Å². The molecule has 7 nitrogen and oxygen atoms in total. The van der Waals surface area contributed by atoms with E-state index in [1.165, 1.54) is 0 Å². The smallest absolute Gasteiger partial charge is 0.322 e. The van der Waals surface area contributed by atoms with Crippen molar-refractivity contribution < 1.29 is 24.2 Å².